The van der Waals surface area contributed by atoms with Crippen molar-refractivity contribution in [2.45, 2.75) is 30.7 Å². The summed E-state index contributed by atoms with van der Waals surface area (Å²) in [6, 6.07) is 13.9. The van der Waals surface area contributed by atoms with E-state index in [9.17, 15) is 4.79 Å². The van der Waals surface area contributed by atoms with Crippen molar-refractivity contribution in [2.24, 2.45) is 0 Å². The van der Waals surface area contributed by atoms with Crippen LogP contribution >= 0.6 is 27.5 Å². The van der Waals surface area contributed by atoms with Crippen LogP contribution in [0.1, 0.15) is 24.8 Å². The largest absolute Gasteiger partial charge is 0.495 e. The summed E-state index contributed by atoms with van der Waals surface area (Å²) < 4.78 is 6.48. The van der Waals surface area contributed by atoms with Gasteiger partial charge in [-0.25, -0.2) is 0 Å². The highest BCUT2D eigenvalue weighted by atomic mass is 79.9. The summed E-state index contributed by atoms with van der Waals surface area (Å²) in [5.41, 5.74) is 1.72. The van der Waals surface area contributed by atoms with Crippen LogP contribution in [0.4, 0.5) is 5.69 Å². The minimum Gasteiger partial charge on any atom is -0.495 e. The molecular formula is C21H22BrClN2O2. The highest BCUT2D eigenvalue weighted by Crippen LogP contribution is 2.49. The zero-order chi connectivity index (χ0) is 19.0. The summed E-state index contributed by atoms with van der Waals surface area (Å²) in [6.45, 7) is 1.63. The second-order valence-corrected chi connectivity index (χ2v) is 8.67. The van der Waals surface area contributed by atoms with Gasteiger partial charge in [0.2, 0.25) is 5.91 Å². The zero-order valence-corrected chi connectivity index (χ0v) is 17.5. The predicted octanol–water partition coefficient (Wildman–Crippen LogP) is 4.54. The van der Waals surface area contributed by atoms with E-state index < -0.39 is 0 Å². The van der Waals surface area contributed by atoms with Gasteiger partial charge in [0.15, 0.2) is 0 Å². The van der Waals surface area contributed by atoms with E-state index in [0.29, 0.717) is 5.02 Å². The van der Waals surface area contributed by atoms with E-state index >= 15 is 0 Å². The third-order valence-electron chi connectivity index (χ3n) is 5.57. The average Bonchev–Trinajstić information content (AvgIpc) is 3.35. The molecule has 27 heavy (non-hydrogen) atoms. The van der Waals surface area contributed by atoms with Gasteiger partial charge >= 0.3 is 0 Å². The fourth-order valence-electron chi connectivity index (χ4n) is 3.89. The summed E-state index contributed by atoms with van der Waals surface area (Å²) in [7, 11) is 1.66. The highest BCUT2D eigenvalue weighted by Gasteiger charge is 2.51. The minimum absolute atomic E-state index is 0.130. The fourth-order valence-corrected chi connectivity index (χ4v) is 4.45. The van der Waals surface area contributed by atoms with Gasteiger partial charge in [-0.15, -0.1) is 0 Å². The van der Waals surface area contributed by atoms with Crippen LogP contribution in [0.15, 0.2) is 46.9 Å². The second kappa shape index (κ2) is 7.36. The van der Waals surface area contributed by atoms with Crippen molar-refractivity contribution in [1.82, 2.24) is 5.32 Å². The number of halogens is 2. The first-order chi connectivity index (χ1) is 13.0. The summed E-state index contributed by atoms with van der Waals surface area (Å²) >= 11 is 9.68. The molecule has 1 amide bonds. The number of hydrogen-bond acceptors (Lipinski definition) is 3. The Balaban J connectivity index is 1.45. The summed E-state index contributed by atoms with van der Waals surface area (Å²) in [5.74, 6) is 0.949. The van der Waals surface area contributed by atoms with E-state index in [4.69, 9.17) is 16.3 Å². The van der Waals surface area contributed by atoms with Gasteiger partial charge in [0.25, 0.3) is 0 Å². The van der Waals surface area contributed by atoms with Crippen LogP contribution in [0.5, 0.6) is 5.75 Å². The van der Waals surface area contributed by atoms with E-state index in [1.807, 2.05) is 30.3 Å². The number of rotatable bonds is 5. The number of nitrogens with zero attached hydrogens (tertiary/aromatic N) is 1. The van der Waals surface area contributed by atoms with Crippen LogP contribution in [0, 0.1) is 0 Å². The smallest absolute Gasteiger partial charge is 0.230 e. The summed E-state index contributed by atoms with van der Waals surface area (Å²) in [5, 5.41) is 3.97. The van der Waals surface area contributed by atoms with Crippen molar-refractivity contribution in [3.8, 4) is 5.75 Å². The molecule has 0 aromatic heterocycles. The molecule has 6 heteroatoms. The normalized spacial score (nSPS) is 20.4. The van der Waals surface area contributed by atoms with Gasteiger partial charge in [0.05, 0.1) is 18.2 Å². The molecule has 2 aliphatic rings. The number of anilines is 1. The maximum Gasteiger partial charge on any atom is 0.230 e. The molecule has 0 radical (unpaired) electrons. The molecule has 1 saturated carbocycles. The van der Waals surface area contributed by atoms with Crippen molar-refractivity contribution in [3.05, 3.63) is 57.5 Å². The second-order valence-electron chi connectivity index (χ2n) is 7.31. The number of benzene rings is 2. The van der Waals surface area contributed by atoms with Crippen LogP contribution in [0.2, 0.25) is 5.02 Å². The molecule has 2 fully saturated rings. The molecule has 2 aromatic carbocycles. The lowest BCUT2D eigenvalue weighted by Gasteiger charge is -2.23. The molecule has 1 aliphatic carbocycles. The molecule has 0 bridgehead atoms. The van der Waals surface area contributed by atoms with E-state index in [1.54, 1.807) is 7.11 Å². The fraction of sp³-hybridized carbons (Fsp3) is 0.381. The Bertz CT molecular complexity index is 869. The summed E-state index contributed by atoms with van der Waals surface area (Å²) in [6.07, 6.45) is 2.73. The topological polar surface area (TPSA) is 41.6 Å². The lowest BCUT2D eigenvalue weighted by atomic mass is 9.94. The van der Waals surface area contributed by atoms with E-state index in [0.717, 1.165) is 53.8 Å². The Kier molecular flexibility index (Phi) is 5.08. The predicted molar refractivity (Wildman–Crippen MR) is 112 cm³/mol. The quantitative estimate of drug-likeness (QED) is 0.729. The van der Waals surface area contributed by atoms with Gasteiger partial charge in [0.1, 0.15) is 5.75 Å². The number of hydrogen-bond donors (Lipinski definition) is 1. The third kappa shape index (κ3) is 3.67. The average molecular weight is 450 g/mol. The van der Waals surface area contributed by atoms with Gasteiger partial charge in [-0.05, 0) is 55.2 Å². The lowest BCUT2D eigenvalue weighted by Crippen LogP contribution is -2.43. The number of methoxy groups -OCH3 is 1. The molecule has 1 unspecified atom stereocenters. The van der Waals surface area contributed by atoms with Gasteiger partial charge in [-0.2, -0.15) is 0 Å². The molecular weight excluding hydrogens is 428 g/mol. The first-order valence-electron chi connectivity index (χ1n) is 9.17. The molecule has 4 rings (SSSR count). The summed E-state index contributed by atoms with van der Waals surface area (Å²) in [4.78, 5) is 15.3. The molecule has 1 heterocycles. The first-order valence-corrected chi connectivity index (χ1v) is 10.3. The van der Waals surface area contributed by atoms with E-state index in [1.165, 1.54) is 0 Å². The molecule has 0 spiro atoms. The standard InChI is InChI=1S/C21H22BrClN2O2/c1-27-19-6-5-16(23)12-18(19)25-10-7-17(13-25)24-20(26)21(8-9-21)14-3-2-4-15(22)11-14/h2-6,11-12,17H,7-10,13H2,1H3,(H,24,26). The molecule has 1 aliphatic heterocycles. The van der Waals surface area contributed by atoms with Crippen molar-refractivity contribution < 1.29 is 9.53 Å². The van der Waals surface area contributed by atoms with E-state index in [-0.39, 0.29) is 17.4 Å². The SMILES string of the molecule is COc1ccc(Cl)cc1N1CCC(NC(=O)C2(c3cccc(Br)c3)CC2)C1. The third-order valence-corrected chi connectivity index (χ3v) is 6.30. The molecule has 1 saturated heterocycles. The molecule has 1 N–H and O–H groups in total. The Labute approximate surface area is 173 Å². The van der Waals surface area contributed by atoms with Crippen LogP contribution in [0.3, 0.4) is 0 Å². The number of ether oxygens (including phenoxy) is 1. The number of carbonyl (C=O) groups is 1. The van der Waals surface area contributed by atoms with Crippen molar-refractivity contribution in [3.63, 3.8) is 0 Å². The Morgan fingerprint density at radius 2 is 2.11 bits per heavy atom. The van der Waals surface area contributed by atoms with Crippen LogP contribution in [-0.2, 0) is 10.2 Å². The van der Waals surface area contributed by atoms with Crippen molar-refractivity contribution in [1.29, 1.82) is 0 Å². The van der Waals surface area contributed by atoms with Crippen molar-refractivity contribution in [2.75, 3.05) is 25.1 Å². The van der Waals surface area contributed by atoms with Gasteiger partial charge in [-0.1, -0.05) is 39.7 Å². The Morgan fingerprint density at radius 3 is 2.81 bits per heavy atom. The van der Waals surface area contributed by atoms with Crippen LogP contribution in [-0.4, -0.2) is 32.1 Å². The molecule has 1 atom stereocenters. The van der Waals surface area contributed by atoms with Gasteiger partial charge in [0, 0.05) is 28.6 Å². The molecule has 142 valence electrons. The number of nitrogens with one attached hydrogen (secondary N) is 1. The van der Waals surface area contributed by atoms with Crippen molar-refractivity contribution >= 4 is 39.1 Å². The van der Waals surface area contributed by atoms with Crippen LogP contribution in [0.25, 0.3) is 0 Å². The zero-order valence-electron chi connectivity index (χ0n) is 15.2. The number of amides is 1. The highest BCUT2D eigenvalue weighted by molar-refractivity contribution is 9.10. The maximum atomic E-state index is 13.0. The molecule has 4 nitrogen and oxygen atoms in total. The Morgan fingerprint density at radius 1 is 1.30 bits per heavy atom. The van der Waals surface area contributed by atoms with Gasteiger partial charge < -0.3 is 15.0 Å². The van der Waals surface area contributed by atoms with Gasteiger partial charge in [-0.3, -0.25) is 4.79 Å². The first kappa shape index (κ1) is 18.6. The Hall–Kier alpha value is -1.72. The maximum absolute atomic E-state index is 13.0. The minimum atomic E-state index is -0.356. The van der Waals surface area contributed by atoms with E-state index in [2.05, 4.69) is 38.3 Å². The lowest BCUT2D eigenvalue weighted by molar-refractivity contribution is -0.124. The number of carbonyl (C=O) groups excluding carboxylic acids is 1. The monoisotopic (exact) mass is 448 g/mol. The van der Waals surface area contributed by atoms with Crippen LogP contribution < -0.4 is 15.0 Å². The molecule has 2 aromatic rings.